The summed E-state index contributed by atoms with van der Waals surface area (Å²) < 4.78 is 0. The molecule has 0 spiro atoms. The van der Waals surface area contributed by atoms with E-state index in [9.17, 15) is 4.79 Å². The lowest BCUT2D eigenvalue weighted by Gasteiger charge is -2.12. The third kappa shape index (κ3) is 0.744. The second-order valence-corrected chi connectivity index (χ2v) is 2.56. The summed E-state index contributed by atoms with van der Waals surface area (Å²) in [4.78, 5) is 14.9. The van der Waals surface area contributed by atoms with Crippen LogP contribution in [0.5, 0.6) is 0 Å². The van der Waals surface area contributed by atoms with E-state index in [1.165, 1.54) is 0 Å². The van der Waals surface area contributed by atoms with Crippen molar-refractivity contribution in [3.8, 4) is 0 Å². The lowest BCUT2D eigenvalue weighted by Crippen LogP contribution is -2.27. The molecule has 2 unspecified atom stereocenters. The zero-order chi connectivity index (χ0) is 6.97. The van der Waals surface area contributed by atoms with Gasteiger partial charge in [0.05, 0.1) is 0 Å². The molecule has 0 bridgehead atoms. The van der Waals surface area contributed by atoms with Gasteiger partial charge in [0.2, 0.25) is 5.91 Å². The minimum atomic E-state index is 0.0255. The molecule has 0 aromatic heterocycles. The van der Waals surface area contributed by atoms with Gasteiger partial charge in [-0.1, -0.05) is 6.08 Å². The van der Waals surface area contributed by atoms with Gasteiger partial charge in [0, 0.05) is 18.6 Å². The average Bonchev–Trinajstić information content (AvgIpc) is 2.27. The van der Waals surface area contributed by atoms with Crippen LogP contribution >= 0.6 is 0 Å². The Morgan fingerprint density at radius 1 is 1.70 bits per heavy atom. The SMILES string of the molecule is O=C1CC2C=CC=NC2N1. The van der Waals surface area contributed by atoms with E-state index in [-0.39, 0.29) is 12.1 Å². The van der Waals surface area contributed by atoms with Crippen LogP contribution in [0.15, 0.2) is 17.1 Å². The van der Waals surface area contributed by atoms with Gasteiger partial charge in [-0.05, 0) is 6.08 Å². The average molecular weight is 136 g/mol. The Labute approximate surface area is 58.8 Å². The molecule has 2 heterocycles. The molecule has 1 fully saturated rings. The van der Waals surface area contributed by atoms with Gasteiger partial charge in [0.15, 0.2) is 0 Å². The van der Waals surface area contributed by atoms with E-state index in [0.29, 0.717) is 12.3 Å². The number of amides is 1. The summed E-state index contributed by atoms with van der Waals surface area (Å²) in [5.74, 6) is 0.413. The predicted molar refractivity (Wildman–Crippen MR) is 37.7 cm³/mol. The number of hydrogen-bond acceptors (Lipinski definition) is 2. The van der Waals surface area contributed by atoms with Gasteiger partial charge in [0.25, 0.3) is 0 Å². The summed E-state index contributed by atoms with van der Waals surface area (Å²) in [7, 11) is 0. The van der Waals surface area contributed by atoms with Crippen molar-refractivity contribution in [1.29, 1.82) is 0 Å². The Kier molecular flexibility index (Phi) is 1.09. The topological polar surface area (TPSA) is 41.5 Å². The largest absolute Gasteiger partial charge is 0.334 e. The van der Waals surface area contributed by atoms with Gasteiger partial charge >= 0.3 is 0 Å². The van der Waals surface area contributed by atoms with Crippen LogP contribution in [-0.2, 0) is 4.79 Å². The number of hydrogen-bond donors (Lipinski definition) is 1. The number of carbonyl (C=O) groups is 1. The molecule has 0 radical (unpaired) electrons. The monoisotopic (exact) mass is 136 g/mol. The highest BCUT2D eigenvalue weighted by Gasteiger charge is 2.30. The smallest absolute Gasteiger partial charge is 0.222 e. The maximum absolute atomic E-state index is 10.8. The molecule has 2 rings (SSSR count). The van der Waals surface area contributed by atoms with Crippen molar-refractivity contribution in [3.63, 3.8) is 0 Å². The maximum atomic E-state index is 10.8. The molecule has 52 valence electrons. The molecule has 0 aromatic rings. The standard InChI is InChI=1S/C7H8N2O/c10-6-4-5-2-1-3-8-7(5)9-6/h1-3,5,7H,4H2,(H,9,10). The van der Waals surface area contributed by atoms with Gasteiger partial charge in [-0.3, -0.25) is 9.79 Å². The number of rotatable bonds is 0. The summed E-state index contributed by atoms with van der Waals surface area (Å²) in [6.45, 7) is 0. The fourth-order valence-electron chi connectivity index (χ4n) is 1.31. The van der Waals surface area contributed by atoms with Gasteiger partial charge in [-0.2, -0.15) is 0 Å². The van der Waals surface area contributed by atoms with E-state index < -0.39 is 0 Å². The molecule has 0 aromatic carbocycles. The molecule has 1 saturated heterocycles. The Morgan fingerprint density at radius 3 is 3.40 bits per heavy atom. The van der Waals surface area contributed by atoms with Crippen LogP contribution in [0.4, 0.5) is 0 Å². The quantitative estimate of drug-likeness (QED) is 0.503. The van der Waals surface area contributed by atoms with Crippen LogP contribution in [0, 0.1) is 5.92 Å². The Hall–Kier alpha value is -1.12. The van der Waals surface area contributed by atoms with Crippen LogP contribution in [0.2, 0.25) is 0 Å². The number of fused-ring (bicyclic) bond motifs is 1. The van der Waals surface area contributed by atoms with E-state index >= 15 is 0 Å². The van der Waals surface area contributed by atoms with Crippen molar-refractivity contribution in [2.24, 2.45) is 10.9 Å². The molecule has 1 N–H and O–H groups in total. The van der Waals surface area contributed by atoms with Crippen molar-refractivity contribution in [2.45, 2.75) is 12.6 Å². The highest BCUT2D eigenvalue weighted by atomic mass is 16.2. The van der Waals surface area contributed by atoms with Crippen molar-refractivity contribution < 1.29 is 4.79 Å². The third-order valence-corrected chi connectivity index (χ3v) is 1.83. The predicted octanol–water partition coefficient (Wildman–Crippen LogP) is 0.0892. The first-order chi connectivity index (χ1) is 4.86. The Morgan fingerprint density at radius 2 is 2.60 bits per heavy atom. The van der Waals surface area contributed by atoms with Crippen LogP contribution in [-0.4, -0.2) is 18.3 Å². The molecular weight excluding hydrogens is 128 g/mol. The summed E-state index contributed by atoms with van der Waals surface area (Å²) in [6, 6.07) is 0. The second-order valence-electron chi connectivity index (χ2n) is 2.56. The van der Waals surface area contributed by atoms with Crippen molar-refractivity contribution >= 4 is 12.1 Å². The van der Waals surface area contributed by atoms with Gasteiger partial charge in [-0.25, -0.2) is 0 Å². The number of nitrogens with one attached hydrogen (secondary N) is 1. The van der Waals surface area contributed by atoms with E-state index in [1.807, 2.05) is 12.2 Å². The minimum absolute atomic E-state index is 0.0255. The van der Waals surface area contributed by atoms with E-state index in [4.69, 9.17) is 0 Å². The number of aliphatic imine (C=N–C) groups is 1. The molecule has 2 atom stereocenters. The number of nitrogens with zero attached hydrogens (tertiary/aromatic N) is 1. The molecule has 3 nitrogen and oxygen atoms in total. The summed E-state index contributed by atoms with van der Waals surface area (Å²) in [5, 5.41) is 2.77. The van der Waals surface area contributed by atoms with E-state index in [0.717, 1.165) is 0 Å². The first-order valence-corrected chi connectivity index (χ1v) is 3.35. The highest BCUT2D eigenvalue weighted by Crippen LogP contribution is 2.20. The maximum Gasteiger partial charge on any atom is 0.222 e. The van der Waals surface area contributed by atoms with E-state index in [1.54, 1.807) is 6.21 Å². The fourth-order valence-corrected chi connectivity index (χ4v) is 1.31. The fraction of sp³-hybridized carbons (Fsp3) is 0.429. The summed E-state index contributed by atoms with van der Waals surface area (Å²) in [6.07, 6.45) is 6.26. The van der Waals surface area contributed by atoms with E-state index in [2.05, 4.69) is 10.3 Å². The van der Waals surface area contributed by atoms with Crippen molar-refractivity contribution in [3.05, 3.63) is 12.2 Å². The minimum Gasteiger partial charge on any atom is -0.334 e. The molecule has 0 saturated carbocycles. The molecule has 1 amide bonds. The Balaban J connectivity index is 2.22. The summed E-state index contributed by atoms with van der Waals surface area (Å²) in [5.41, 5.74) is 0. The van der Waals surface area contributed by atoms with Gasteiger partial charge < -0.3 is 5.32 Å². The molecule has 10 heavy (non-hydrogen) atoms. The van der Waals surface area contributed by atoms with Crippen LogP contribution < -0.4 is 5.32 Å². The first kappa shape index (κ1) is 5.65. The second kappa shape index (κ2) is 1.94. The van der Waals surface area contributed by atoms with Gasteiger partial charge in [-0.15, -0.1) is 0 Å². The molecule has 2 aliphatic rings. The van der Waals surface area contributed by atoms with Crippen molar-refractivity contribution in [2.75, 3.05) is 0 Å². The molecule has 0 aliphatic carbocycles. The molecule has 3 heteroatoms. The number of carbonyl (C=O) groups excluding carboxylic acids is 1. The highest BCUT2D eigenvalue weighted by molar-refractivity contribution is 5.81. The van der Waals surface area contributed by atoms with Gasteiger partial charge in [0.1, 0.15) is 6.17 Å². The lowest BCUT2D eigenvalue weighted by atomic mass is 10.0. The number of allylic oxidation sites excluding steroid dienone is 1. The first-order valence-electron chi connectivity index (χ1n) is 3.35. The van der Waals surface area contributed by atoms with Crippen LogP contribution in [0.3, 0.4) is 0 Å². The Bertz CT molecular complexity index is 198. The van der Waals surface area contributed by atoms with Crippen LogP contribution in [0.25, 0.3) is 0 Å². The van der Waals surface area contributed by atoms with Crippen LogP contribution in [0.1, 0.15) is 6.42 Å². The van der Waals surface area contributed by atoms with Crippen molar-refractivity contribution in [1.82, 2.24) is 5.32 Å². The normalized spacial score (nSPS) is 35.8. The third-order valence-electron chi connectivity index (χ3n) is 1.83. The lowest BCUT2D eigenvalue weighted by molar-refractivity contribution is -0.119. The summed E-state index contributed by atoms with van der Waals surface area (Å²) >= 11 is 0. The zero-order valence-corrected chi connectivity index (χ0v) is 5.45. The number of dihydropyridines is 1. The molecule has 2 aliphatic heterocycles. The molecular formula is C7H8N2O. The zero-order valence-electron chi connectivity index (χ0n) is 5.45.